The molecule has 0 aromatic heterocycles. The molecule has 1 aliphatic heterocycles. The Kier molecular flexibility index (Phi) is 7.40. The molecule has 2 aromatic rings. The summed E-state index contributed by atoms with van der Waals surface area (Å²) < 4.78 is 39.3. The van der Waals surface area contributed by atoms with Crippen molar-refractivity contribution < 1.29 is 17.9 Å². The SMILES string of the molecule is CCCOc1ccc(S(=O)(=O)NCC2(Sc3ccccc3)CCOCC2)cc1. The van der Waals surface area contributed by atoms with E-state index >= 15 is 0 Å². The van der Waals surface area contributed by atoms with Crippen molar-refractivity contribution in [2.24, 2.45) is 0 Å². The smallest absolute Gasteiger partial charge is 0.240 e. The monoisotopic (exact) mass is 421 g/mol. The first-order chi connectivity index (χ1) is 13.5. The van der Waals surface area contributed by atoms with Crippen molar-refractivity contribution in [1.29, 1.82) is 0 Å². The molecule has 0 radical (unpaired) electrons. The molecule has 3 rings (SSSR count). The van der Waals surface area contributed by atoms with E-state index in [1.165, 1.54) is 0 Å². The van der Waals surface area contributed by atoms with E-state index in [0.717, 1.165) is 24.2 Å². The summed E-state index contributed by atoms with van der Waals surface area (Å²) in [7, 11) is -3.59. The van der Waals surface area contributed by atoms with Crippen molar-refractivity contribution in [1.82, 2.24) is 4.72 Å². The predicted molar refractivity (Wildman–Crippen MR) is 112 cm³/mol. The quantitative estimate of drug-likeness (QED) is 0.660. The van der Waals surface area contributed by atoms with E-state index in [-0.39, 0.29) is 9.64 Å². The lowest BCUT2D eigenvalue weighted by Gasteiger charge is -2.36. The van der Waals surface area contributed by atoms with Crippen molar-refractivity contribution in [2.75, 3.05) is 26.4 Å². The minimum Gasteiger partial charge on any atom is -0.494 e. The van der Waals surface area contributed by atoms with Crippen LogP contribution in [0.15, 0.2) is 64.4 Å². The van der Waals surface area contributed by atoms with Gasteiger partial charge in [0.25, 0.3) is 0 Å². The molecule has 1 saturated heterocycles. The van der Waals surface area contributed by atoms with Crippen molar-refractivity contribution >= 4 is 21.8 Å². The normalized spacial score (nSPS) is 16.6. The summed E-state index contributed by atoms with van der Waals surface area (Å²) >= 11 is 1.73. The number of nitrogens with one attached hydrogen (secondary N) is 1. The van der Waals surface area contributed by atoms with Gasteiger partial charge < -0.3 is 9.47 Å². The molecule has 2 aromatic carbocycles. The average molecular weight is 422 g/mol. The lowest BCUT2D eigenvalue weighted by Crippen LogP contribution is -2.44. The van der Waals surface area contributed by atoms with Gasteiger partial charge in [-0.25, -0.2) is 13.1 Å². The van der Waals surface area contributed by atoms with Crippen molar-refractivity contribution in [2.45, 2.75) is 40.7 Å². The van der Waals surface area contributed by atoms with Gasteiger partial charge in [0.05, 0.1) is 11.5 Å². The predicted octanol–water partition coefficient (Wildman–Crippen LogP) is 4.10. The molecule has 7 heteroatoms. The van der Waals surface area contributed by atoms with Gasteiger partial charge in [0, 0.05) is 29.4 Å². The average Bonchev–Trinajstić information content (AvgIpc) is 2.73. The van der Waals surface area contributed by atoms with Crippen LogP contribution in [-0.2, 0) is 14.8 Å². The van der Waals surface area contributed by atoms with E-state index in [1.54, 1.807) is 36.0 Å². The van der Waals surface area contributed by atoms with Gasteiger partial charge in [-0.3, -0.25) is 0 Å². The Morgan fingerprint density at radius 2 is 1.75 bits per heavy atom. The maximum Gasteiger partial charge on any atom is 0.240 e. The highest BCUT2D eigenvalue weighted by atomic mass is 32.2. The van der Waals surface area contributed by atoms with Crippen LogP contribution in [0.1, 0.15) is 26.2 Å². The molecule has 0 atom stereocenters. The van der Waals surface area contributed by atoms with Crippen LogP contribution in [0.5, 0.6) is 5.75 Å². The van der Waals surface area contributed by atoms with Crippen LogP contribution in [0.4, 0.5) is 0 Å². The first-order valence-electron chi connectivity index (χ1n) is 9.57. The summed E-state index contributed by atoms with van der Waals surface area (Å²) in [5, 5.41) is 0. The molecule has 0 spiro atoms. The lowest BCUT2D eigenvalue weighted by molar-refractivity contribution is 0.0784. The summed E-state index contributed by atoms with van der Waals surface area (Å²) in [5.41, 5.74) is 0. The molecule has 5 nitrogen and oxygen atoms in total. The van der Waals surface area contributed by atoms with Crippen LogP contribution in [0.25, 0.3) is 0 Å². The van der Waals surface area contributed by atoms with Gasteiger partial charge in [-0.15, -0.1) is 11.8 Å². The highest BCUT2D eigenvalue weighted by Crippen LogP contribution is 2.40. The number of thioether (sulfide) groups is 1. The number of hydrogen-bond acceptors (Lipinski definition) is 5. The first-order valence-corrected chi connectivity index (χ1v) is 11.9. The fraction of sp³-hybridized carbons (Fsp3) is 0.429. The minimum absolute atomic E-state index is 0.211. The standard InChI is InChI=1S/C21H27NO4S2/c1-2-14-26-18-8-10-20(11-9-18)28(23,24)22-17-21(12-15-25-16-13-21)27-19-6-4-3-5-7-19/h3-11,22H,2,12-17H2,1H3. The second-order valence-electron chi connectivity index (χ2n) is 6.85. The highest BCUT2D eigenvalue weighted by Gasteiger charge is 2.35. The fourth-order valence-corrected chi connectivity index (χ4v) is 5.57. The molecular formula is C21H27NO4S2. The molecule has 28 heavy (non-hydrogen) atoms. The van der Waals surface area contributed by atoms with E-state index in [4.69, 9.17) is 9.47 Å². The number of benzene rings is 2. The largest absolute Gasteiger partial charge is 0.494 e. The first kappa shape index (κ1) is 21.2. The third-order valence-corrected chi connectivity index (χ3v) is 7.58. The minimum atomic E-state index is -3.59. The molecule has 1 heterocycles. The second-order valence-corrected chi connectivity index (χ2v) is 10.2. The van der Waals surface area contributed by atoms with Crippen molar-refractivity contribution in [3.63, 3.8) is 0 Å². The fourth-order valence-electron chi connectivity index (χ4n) is 3.04. The molecule has 0 unspecified atom stereocenters. The molecule has 1 N–H and O–H groups in total. The molecule has 0 aliphatic carbocycles. The topological polar surface area (TPSA) is 64.6 Å². The molecular weight excluding hydrogens is 394 g/mol. The van der Waals surface area contributed by atoms with Gasteiger partial charge in [-0.05, 0) is 55.7 Å². The Morgan fingerprint density at radius 3 is 2.39 bits per heavy atom. The van der Waals surface area contributed by atoms with Gasteiger partial charge in [0.2, 0.25) is 10.0 Å². The molecule has 0 amide bonds. The molecule has 1 fully saturated rings. The summed E-state index contributed by atoms with van der Waals surface area (Å²) in [6.45, 7) is 4.30. The van der Waals surface area contributed by atoms with Crippen LogP contribution in [0.2, 0.25) is 0 Å². The summed E-state index contributed by atoms with van der Waals surface area (Å²) in [4.78, 5) is 1.39. The Balaban J connectivity index is 1.69. The Labute approximate surface area is 171 Å². The van der Waals surface area contributed by atoms with Gasteiger partial charge in [0.15, 0.2) is 0 Å². The number of ether oxygens (including phenoxy) is 2. The van der Waals surface area contributed by atoms with Crippen molar-refractivity contribution in [3.05, 3.63) is 54.6 Å². The van der Waals surface area contributed by atoms with Crippen LogP contribution >= 0.6 is 11.8 Å². The third-order valence-electron chi connectivity index (χ3n) is 4.67. The zero-order valence-corrected chi connectivity index (χ0v) is 17.7. The van der Waals surface area contributed by atoms with E-state index in [2.05, 4.69) is 16.9 Å². The van der Waals surface area contributed by atoms with Gasteiger partial charge in [-0.1, -0.05) is 25.1 Å². The zero-order chi connectivity index (χ0) is 19.9. The molecule has 1 aliphatic rings. The summed E-state index contributed by atoms with van der Waals surface area (Å²) in [6, 6.07) is 16.7. The van der Waals surface area contributed by atoms with Crippen LogP contribution < -0.4 is 9.46 Å². The number of hydrogen-bond donors (Lipinski definition) is 1. The second kappa shape index (κ2) is 9.78. The highest BCUT2D eigenvalue weighted by molar-refractivity contribution is 8.00. The Hall–Kier alpha value is -1.54. The molecule has 0 saturated carbocycles. The van der Waals surface area contributed by atoms with Crippen LogP contribution in [-0.4, -0.2) is 39.5 Å². The maximum absolute atomic E-state index is 12.8. The van der Waals surface area contributed by atoms with Gasteiger partial charge >= 0.3 is 0 Å². The van der Waals surface area contributed by atoms with Gasteiger partial charge in [-0.2, -0.15) is 0 Å². The van der Waals surface area contributed by atoms with Crippen LogP contribution in [0, 0.1) is 0 Å². The summed E-state index contributed by atoms with van der Waals surface area (Å²) in [5.74, 6) is 0.682. The van der Waals surface area contributed by atoms with E-state index in [9.17, 15) is 8.42 Å². The van der Waals surface area contributed by atoms with Crippen molar-refractivity contribution in [3.8, 4) is 5.75 Å². The van der Waals surface area contributed by atoms with E-state index in [0.29, 0.717) is 32.1 Å². The number of rotatable bonds is 9. The van der Waals surface area contributed by atoms with E-state index < -0.39 is 10.0 Å². The Bertz CT molecular complexity index is 832. The molecule has 0 bridgehead atoms. The zero-order valence-electron chi connectivity index (χ0n) is 16.1. The van der Waals surface area contributed by atoms with Gasteiger partial charge in [0.1, 0.15) is 5.75 Å². The Morgan fingerprint density at radius 1 is 1.07 bits per heavy atom. The summed E-state index contributed by atoms with van der Waals surface area (Å²) in [6.07, 6.45) is 2.52. The van der Waals surface area contributed by atoms with Crippen LogP contribution in [0.3, 0.4) is 0 Å². The lowest BCUT2D eigenvalue weighted by atomic mass is 9.99. The number of sulfonamides is 1. The maximum atomic E-state index is 12.8. The van der Waals surface area contributed by atoms with E-state index in [1.807, 2.05) is 25.1 Å². The molecule has 152 valence electrons. The third kappa shape index (κ3) is 5.73.